The number of esters is 1. The molecule has 3 atom stereocenters. The van der Waals surface area contributed by atoms with E-state index < -0.39 is 5.54 Å². The van der Waals surface area contributed by atoms with Crippen LogP contribution in [0, 0.1) is 29.0 Å². The number of nitrogens with zero attached hydrogens (tertiary/aromatic N) is 1. The van der Waals surface area contributed by atoms with Crippen LogP contribution in [0.5, 0.6) is 0 Å². The zero-order valence-corrected chi connectivity index (χ0v) is 16.4. The quantitative estimate of drug-likeness (QED) is 0.810. The molecule has 0 radical (unpaired) electrons. The third-order valence-corrected chi connectivity index (χ3v) is 7.81. The smallest absolute Gasteiger partial charge is 0.318 e. The molecule has 2 amide bonds. The second kappa shape index (κ2) is 5.94. The number of carbonyl (C=O) groups is 2. The van der Waals surface area contributed by atoms with E-state index in [1.54, 1.807) is 12.1 Å². The lowest BCUT2D eigenvalue weighted by molar-refractivity contribution is -0.174. The van der Waals surface area contributed by atoms with Gasteiger partial charge in [-0.3, -0.25) is 4.79 Å². The third kappa shape index (κ3) is 2.49. The molecule has 5 fully saturated rings. The highest BCUT2D eigenvalue weighted by Gasteiger charge is 2.61. The minimum absolute atomic E-state index is 0.0450. The predicted octanol–water partition coefficient (Wildman–Crippen LogP) is 3.43. The second-order valence-electron chi connectivity index (χ2n) is 9.63. The molecule has 1 N–H and O–H groups in total. The van der Waals surface area contributed by atoms with Gasteiger partial charge in [0.15, 0.2) is 0 Å². The lowest BCUT2D eigenvalue weighted by atomic mass is 9.47. The van der Waals surface area contributed by atoms with Crippen molar-refractivity contribution in [3.8, 4) is 0 Å². The van der Waals surface area contributed by atoms with Gasteiger partial charge >= 0.3 is 12.0 Å². The Balaban J connectivity index is 1.41. The Morgan fingerprint density at radius 3 is 2.43 bits per heavy atom. The van der Waals surface area contributed by atoms with E-state index in [9.17, 15) is 14.0 Å². The van der Waals surface area contributed by atoms with Gasteiger partial charge in [0.05, 0.1) is 18.1 Å². The number of nitrogens with one attached hydrogen (secondary N) is 1. The molecule has 5 nitrogen and oxygen atoms in total. The predicted molar refractivity (Wildman–Crippen MR) is 101 cm³/mol. The number of halogens is 1. The summed E-state index contributed by atoms with van der Waals surface area (Å²) in [4.78, 5) is 27.5. The maximum atomic E-state index is 13.3. The van der Waals surface area contributed by atoms with Crippen molar-refractivity contribution in [2.45, 2.75) is 50.6 Å². The molecule has 1 saturated heterocycles. The van der Waals surface area contributed by atoms with Crippen LogP contribution in [0.3, 0.4) is 0 Å². The monoisotopic (exact) mass is 386 g/mol. The van der Waals surface area contributed by atoms with Crippen LogP contribution < -0.4 is 5.32 Å². The topological polar surface area (TPSA) is 58.6 Å². The van der Waals surface area contributed by atoms with Crippen molar-refractivity contribution in [1.82, 2.24) is 10.2 Å². The van der Waals surface area contributed by atoms with Gasteiger partial charge in [-0.25, -0.2) is 9.18 Å². The summed E-state index contributed by atoms with van der Waals surface area (Å²) in [6.07, 6.45) is 4.79. The third-order valence-electron chi connectivity index (χ3n) is 7.81. The fourth-order valence-electron chi connectivity index (χ4n) is 6.95. The molecule has 1 aromatic rings. The van der Waals surface area contributed by atoms with E-state index in [0.29, 0.717) is 24.3 Å². The van der Waals surface area contributed by atoms with E-state index in [-0.39, 0.29) is 29.3 Å². The fraction of sp³-hybridized carbons (Fsp3) is 0.636. The highest BCUT2D eigenvalue weighted by Crippen LogP contribution is 2.61. The van der Waals surface area contributed by atoms with Crippen molar-refractivity contribution in [2.24, 2.45) is 23.2 Å². The van der Waals surface area contributed by atoms with Crippen LogP contribution in [0.2, 0.25) is 0 Å². The molecular weight excluding hydrogens is 359 g/mol. The largest absolute Gasteiger partial charge is 0.469 e. The van der Waals surface area contributed by atoms with Crippen molar-refractivity contribution in [2.75, 3.05) is 13.7 Å². The maximum Gasteiger partial charge on any atom is 0.318 e. The number of benzene rings is 1. The highest BCUT2D eigenvalue weighted by atomic mass is 19.1. The van der Waals surface area contributed by atoms with Gasteiger partial charge in [-0.1, -0.05) is 12.1 Å². The van der Waals surface area contributed by atoms with Crippen molar-refractivity contribution in [1.29, 1.82) is 0 Å². The molecule has 6 heteroatoms. The summed E-state index contributed by atoms with van der Waals surface area (Å²) < 4.78 is 18.5. The van der Waals surface area contributed by atoms with Gasteiger partial charge in [-0.2, -0.15) is 0 Å². The van der Waals surface area contributed by atoms with E-state index in [1.807, 2.05) is 11.8 Å². The van der Waals surface area contributed by atoms with Gasteiger partial charge in [-0.15, -0.1) is 0 Å². The Kier molecular flexibility index (Phi) is 3.81. The summed E-state index contributed by atoms with van der Waals surface area (Å²) in [5.74, 6) is 0.940. The van der Waals surface area contributed by atoms with E-state index in [1.165, 1.54) is 19.2 Å². The average Bonchev–Trinajstić information content (AvgIpc) is 2.96. The van der Waals surface area contributed by atoms with E-state index in [4.69, 9.17) is 4.74 Å². The highest BCUT2D eigenvalue weighted by molar-refractivity contribution is 5.80. The number of carbonyl (C=O) groups excluding carboxylic acids is 2. The molecule has 4 bridgehead atoms. The molecule has 6 rings (SSSR count). The van der Waals surface area contributed by atoms with Gasteiger partial charge in [0.25, 0.3) is 0 Å². The summed E-state index contributed by atoms with van der Waals surface area (Å²) in [6.45, 7) is 2.58. The zero-order valence-electron chi connectivity index (χ0n) is 16.4. The van der Waals surface area contributed by atoms with Gasteiger partial charge in [-0.05, 0) is 74.5 Å². The lowest BCUT2D eigenvalue weighted by Crippen LogP contribution is -2.61. The Labute approximate surface area is 164 Å². The molecule has 0 spiro atoms. The van der Waals surface area contributed by atoms with Gasteiger partial charge in [0, 0.05) is 12.6 Å². The molecule has 28 heavy (non-hydrogen) atoms. The summed E-state index contributed by atoms with van der Waals surface area (Å²) in [6, 6.07) is 6.52. The van der Waals surface area contributed by atoms with Crippen LogP contribution >= 0.6 is 0 Å². The molecule has 150 valence electrons. The molecule has 3 unspecified atom stereocenters. The molecule has 5 aliphatic rings. The summed E-state index contributed by atoms with van der Waals surface area (Å²) >= 11 is 0. The van der Waals surface area contributed by atoms with Crippen LogP contribution in [0.15, 0.2) is 24.3 Å². The molecule has 0 aromatic heterocycles. The molecule has 1 aromatic carbocycles. The summed E-state index contributed by atoms with van der Waals surface area (Å²) in [5.41, 5.74) is 0.0529. The molecule has 1 aliphatic heterocycles. The van der Waals surface area contributed by atoms with Gasteiger partial charge < -0.3 is 15.0 Å². The Bertz CT molecular complexity index is 810. The first kappa shape index (κ1) is 18.0. The summed E-state index contributed by atoms with van der Waals surface area (Å²) in [7, 11) is 1.49. The first-order valence-electron chi connectivity index (χ1n) is 10.3. The number of urea groups is 1. The first-order chi connectivity index (χ1) is 13.3. The fourth-order valence-corrected chi connectivity index (χ4v) is 6.95. The Morgan fingerprint density at radius 1 is 1.18 bits per heavy atom. The number of ether oxygens (including phenoxy) is 1. The van der Waals surface area contributed by atoms with Crippen molar-refractivity contribution in [3.63, 3.8) is 0 Å². The summed E-state index contributed by atoms with van der Waals surface area (Å²) in [5, 5.41) is 3.14. The normalized spacial score (nSPS) is 41.2. The van der Waals surface area contributed by atoms with Crippen molar-refractivity contribution >= 4 is 12.0 Å². The first-order valence-corrected chi connectivity index (χ1v) is 10.3. The van der Waals surface area contributed by atoms with Crippen LogP contribution in [0.4, 0.5) is 9.18 Å². The minimum atomic E-state index is -0.528. The Morgan fingerprint density at radius 2 is 1.82 bits per heavy atom. The number of amides is 2. The zero-order chi connectivity index (χ0) is 19.7. The van der Waals surface area contributed by atoms with E-state index >= 15 is 0 Å². The Hall–Kier alpha value is -2.11. The average molecular weight is 386 g/mol. The number of rotatable bonds is 3. The van der Waals surface area contributed by atoms with Crippen LogP contribution in [-0.2, 0) is 15.1 Å². The SMILES string of the molecule is COC(=O)C12CC3CC(C1)C(N1CC(C)(c4ccc(F)cc4)NC1=O)C(C3)C2. The van der Waals surface area contributed by atoms with Gasteiger partial charge in [0.1, 0.15) is 5.82 Å². The van der Waals surface area contributed by atoms with Crippen molar-refractivity contribution < 1.29 is 18.7 Å². The molecule has 4 saturated carbocycles. The van der Waals surface area contributed by atoms with Crippen LogP contribution in [0.1, 0.15) is 44.6 Å². The standard InChI is InChI=1S/C22H27FN2O3/c1-21(16-3-5-17(23)6-4-16)12-25(20(27)24-21)18-14-7-13-8-15(18)11-22(9-13,10-14)19(26)28-2/h3-6,13-15,18H,7-12H2,1-2H3,(H,24,27). The lowest BCUT2D eigenvalue weighted by Gasteiger charge is -2.60. The maximum absolute atomic E-state index is 13.3. The minimum Gasteiger partial charge on any atom is -0.469 e. The number of methoxy groups -OCH3 is 1. The second-order valence-corrected chi connectivity index (χ2v) is 9.63. The van der Waals surface area contributed by atoms with Crippen molar-refractivity contribution in [3.05, 3.63) is 35.6 Å². The van der Waals surface area contributed by atoms with Crippen LogP contribution in [-0.4, -0.2) is 36.6 Å². The molecule has 4 aliphatic carbocycles. The van der Waals surface area contributed by atoms with E-state index in [2.05, 4.69) is 5.32 Å². The molecular formula is C22H27FN2O3. The van der Waals surface area contributed by atoms with Crippen LogP contribution in [0.25, 0.3) is 0 Å². The number of hydrogen-bond donors (Lipinski definition) is 1. The number of hydrogen-bond acceptors (Lipinski definition) is 3. The van der Waals surface area contributed by atoms with E-state index in [0.717, 1.165) is 37.7 Å². The van der Waals surface area contributed by atoms with Gasteiger partial charge in [0.2, 0.25) is 0 Å². The molecule has 1 heterocycles.